The lowest BCUT2D eigenvalue weighted by Gasteiger charge is -2.38. The first kappa shape index (κ1) is 15.8. The molecule has 2 atom stereocenters. The molecule has 0 amide bonds. The Labute approximate surface area is 126 Å². The van der Waals surface area contributed by atoms with Gasteiger partial charge in [-0.2, -0.15) is 11.8 Å². The molecule has 1 aliphatic heterocycles. The van der Waals surface area contributed by atoms with Crippen LogP contribution in [0, 0.1) is 12.7 Å². The second-order valence-corrected chi connectivity index (χ2v) is 6.71. The van der Waals surface area contributed by atoms with Gasteiger partial charge in [-0.3, -0.25) is 4.90 Å². The highest BCUT2D eigenvalue weighted by Crippen LogP contribution is 2.27. The van der Waals surface area contributed by atoms with E-state index in [1.807, 2.05) is 24.8 Å². The molecule has 1 heterocycles. The largest absolute Gasteiger partial charge is 0.309 e. The Morgan fingerprint density at radius 3 is 2.95 bits per heavy atom. The normalized spacial score (nSPS) is 21.9. The summed E-state index contributed by atoms with van der Waals surface area (Å²) < 4.78 is 13.9. The van der Waals surface area contributed by atoms with Gasteiger partial charge >= 0.3 is 0 Å². The van der Waals surface area contributed by atoms with Crippen molar-refractivity contribution in [3.63, 3.8) is 0 Å². The third-order valence-electron chi connectivity index (χ3n) is 4.00. The first-order valence-corrected chi connectivity index (χ1v) is 8.56. The molecule has 0 bridgehead atoms. The molecular formula is C16H25FN2S. The summed E-state index contributed by atoms with van der Waals surface area (Å²) in [6.45, 7) is 6.05. The second-order valence-electron chi connectivity index (χ2n) is 5.56. The Hall–Kier alpha value is -0.580. The predicted octanol–water partition coefficient (Wildman–Crippen LogP) is 3.22. The van der Waals surface area contributed by atoms with Gasteiger partial charge in [-0.05, 0) is 44.1 Å². The van der Waals surface area contributed by atoms with Gasteiger partial charge in [-0.1, -0.05) is 19.1 Å². The average molecular weight is 296 g/mol. The van der Waals surface area contributed by atoms with E-state index in [2.05, 4.69) is 30.3 Å². The molecule has 2 unspecified atom stereocenters. The van der Waals surface area contributed by atoms with Gasteiger partial charge in [-0.15, -0.1) is 0 Å². The lowest BCUT2D eigenvalue weighted by atomic mass is 9.97. The number of hydrogen-bond donors (Lipinski definition) is 1. The van der Waals surface area contributed by atoms with Crippen molar-refractivity contribution >= 4 is 11.8 Å². The van der Waals surface area contributed by atoms with Crippen molar-refractivity contribution in [2.45, 2.75) is 32.4 Å². The Bertz CT molecular complexity index is 438. The van der Waals surface area contributed by atoms with Crippen molar-refractivity contribution in [2.75, 3.05) is 31.6 Å². The van der Waals surface area contributed by atoms with E-state index in [0.29, 0.717) is 6.04 Å². The number of aryl methyl sites for hydroxylation is 1. The third kappa shape index (κ3) is 3.74. The average Bonchev–Trinajstić information content (AvgIpc) is 2.44. The van der Waals surface area contributed by atoms with Crippen LogP contribution in [-0.4, -0.2) is 42.6 Å². The first-order valence-electron chi connectivity index (χ1n) is 7.41. The number of thioether (sulfide) groups is 1. The van der Waals surface area contributed by atoms with Crippen molar-refractivity contribution in [3.8, 4) is 0 Å². The van der Waals surface area contributed by atoms with Gasteiger partial charge in [0.1, 0.15) is 5.82 Å². The van der Waals surface area contributed by atoms with Crippen molar-refractivity contribution in [2.24, 2.45) is 0 Å². The fourth-order valence-corrected chi connectivity index (χ4v) is 3.91. The highest BCUT2D eigenvalue weighted by molar-refractivity contribution is 7.99. The lowest BCUT2D eigenvalue weighted by Crippen LogP contribution is -2.48. The molecule has 112 valence electrons. The van der Waals surface area contributed by atoms with E-state index in [-0.39, 0.29) is 11.9 Å². The summed E-state index contributed by atoms with van der Waals surface area (Å²) in [5, 5.41) is 3.61. The first-order chi connectivity index (χ1) is 9.63. The molecule has 0 aromatic heterocycles. The van der Waals surface area contributed by atoms with Crippen molar-refractivity contribution in [3.05, 3.63) is 35.1 Å². The number of likely N-dealkylation sites (N-methyl/N-ethyl adjacent to an activating group) is 1. The van der Waals surface area contributed by atoms with Crippen LogP contribution in [0.25, 0.3) is 0 Å². The minimum atomic E-state index is -0.100. The molecule has 1 aromatic carbocycles. The number of hydrogen-bond acceptors (Lipinski definition) is 3. The summed E-state index contributed by atoms with van der Waals surface area (Å²) in [7, 11) is 2.18. The summed E-state index contributed by atoms with van der Waals surface area (Å²) in [6, 6.07) is 6.31. The molecule has 0 radical (unpaired) electrons. The van der Waals surface area contributed by atoms with Crippen LogP contribution >= 0.6 is 11.8 Å². The van der Waals surface area contributed by atoms with Crippen LogP contribution in [0.5, 0.6) is 0 Å². The molecule has 0 spiro atoms. The van der Waals surface area contributed by atoms with Gasteiger partial charge < -0.3 is 5.32 Å². The monoisotopic (exact) mass is 296 g/mol. The summed E-state index contributed by atoms with van der Waals surface area (Å²) in [4.78, 5) is 2.40. The van der Waals surface area contributed by atoms with Gasteiger partial charge in [0.05, 0.1) is 0 Å². The molecule has 1 saturated heterocycles. The zero-order valence-corrected chi connectivity index (χ0v) is 13.5. The Balaban J connectivity index is 2.23. The zero-order valence-electron chi connectivity index (χ0n) is 12.7. The molecule has 2 rings (SSSR count). The van der Waals surface area contributed by atoms with E-state index >= 15 is 0 Å². The molecule has 2 nitrogen and oxygen atoms in total. The van der Waals surface area contributed by atoms with E-state index in [9.17, 15) is 4.39 Å². The topological polar surface area (TPSA) is 15.3 Å². The van der Waals surface area contributed by atoms with Crippen LogP contribution in [0.15, 0.2) is 18.2 Å². The Morgan fingerprint density at radius 2 is 2.30 bits per heavy atom. The number of nitrogens with one attached hydrogen (secondary N) is 1. The maximum Gasteiger partial charge on any atom is 0.126 e. The molecule has 0 aliphatic carbocycles. The van der Waals surface area contributed by atoms with Gasteiger partial charge in [0.15, 0.2) is 0 Å². The van der Waals surface area contributed by atoms with Crippen LogP contribution < -0.4 is 5.32 Å². The van der Waals surface area contributed by atoms with Crippen molar-refractivity contribution < 1.29 is 4.39 Å². The van der Waals surface area contributed by atoms with Crippen LogP contribution in [0.1, 0.15) is 30.5 Å². The summed E-state index contributed by atoms with van der Waals surface area (Å²) in [5.41, 5.74) is 1.79. The molecule has 1 fully saturated rings. The SMILES string of the molecule is CCCNC(c1ccc(C)c(F)c1)C1CSCCN1C. The van der Waals surface area contributed by atoms with Gasteiger partial charge in [0.25, 0.3) is 0 Å². The van der Waals surface area contributed by atoms with Crippen LogP contribution in [0.4, 0.5) is 4.39 Å². The summed E-state index contributed by atoms with van der Waals surface area (Å²) in [5.74, 6) is 2.19. The quantitative estimate of drug-likeness (QED) is 0.898. The molecular weight excluding hydrogens is 271 g/mol. The van der Waals surface area contributed by atoms with Crippen LogP contribution in [0.3, 0.4) is 0 Å². The van der Waals surface area contributed by atoms with E-state index in [1.165, 1.54) is 5.75 Å². The van der Waals surface area contributed by atoms with E-state index in [4.69, 9.17) is 0 Å². The summed E-state index contributed by atoms with van der Waals surface area (Å²) in [6.07, 6.45) is 1.09. The molecule has 20 heavy (non-hydrogen) atoms. The van der Waals surface area contributed by atoms with E-state index < -0.39 is 0 Å². The van der Waals surface area contributed by atoms with Crippen LogP contribution in [-0.2, 0) is 0 Å². The second kappa shape index (κ2) is 7.43. The maximum absolute atomic E-state index is 13.9. The number of rotatable bonds is 5. The highest BCUT2D eigenvalue weighted by atomic mass is 32.2. The Morgan fingerprint density at radius 1 is 1.50 bits per heavy atom. The van der Waals surface area contributed by atoms with E-state index in [0.717, 1.165) is 36.4 Å². The molecule has 1 aliphatic rings. The Kier molecular flexibility index (Phi) is 5.87. The van der Waals surface area contributed by atoms with Gasteiger partial charge in [-0.25, -0.2) is 4.39 Å². The minimum absolute atomic E-state index is 0.100. The molecule has 0 saturated carbocycles. The third-order valence-corrected chi connectivity index (χ3v) is 5.05. The minimum Gasteiger partial charge on any atom is -0.309 e. The zero-order chi connectivity index (χ0) is 14.5. The fraction of sp³-hybridized carbons (Fsp3) is 0.625. The number of nitrogens with zero attached hydrogens (tertiary/aromatic N) is 1. The van der Waals surface area contributed by atoms with Crippen molar-refractivity contribution in [1.82, 2.24) is 10.2 Å². The van der Waals surface area contributed by atoms with Gasteiger partial charge in [0, 0.05) is 30.1 Å². The number of halogens is 1. The molecule has 1 N–H and O–H groups in total. The standard InChI is InChI=1S/C16H25FN2S/c1-4-7-18-16(15-11-20-9-8-19(15)3)13-6-5-12(2)14(17)10-13/h5-6,10,15-16,18H,4,7-9,11H2,1-3H3. The number of benzene rings is 1. The van der Waals surface area contributed by atoms with E-state index in [1.54, 1.807) is 6.07 Å². The molecule has 1 aromatic rings. The highest BCUT2D eigenvalue weighted by Gasteiger charge is 2.29. The van der Waals surface area contributed by atoms with Gasteiger partial charge in [0.2, 0.25) is 0 Å². The van der Waals surface area contributed by atoms with Crippen molar-refractivity contribution in [1.29, 1.82) is 0 Å². The fourth-order valence-electron chi connectivity index (χ4n) is 2.63. The smallest absolute Gasteiger partial charge is 0.126 e. The predicted molar refractivity (Wildman–Crippen MR) is 85.9 cm³/mol. The molecule has 4 heteroatoms. The summed E-state index contributed by atoms with van der Waals surface area (Å²) >= 11 is 2.00. The maximum atomic E-state index is 13.9. The lowest BCUT2D eigenvalue weighted by molar-refractivity contribution is 0.215. The van der Waals surface area contributed by atoms with Crippen LogP contribution in [0.2, 0.25) is 0 Å².